The monoisotopic (exact) mass is 405 g/mol. The van der Waals surface area contributed by atoms with Gasteiger partial charge in [-0.3, -0.25) is 0 Å². The fourth-order valence-corrected chi connectivity index (χ4v) is 6.27. The van der Waals surface area contributed by atoms with Crippen LogP contribution in [0, 0.1) is 20.8 Å². The first-order chi connectivity index (χ1) is 14.0. The Morgan fingerprint density at radius 3 is 1.00 bits per heavy atom. The Morgan fingerprint density at radius 2 is 0.793 bits per heavy atom. The topological polar surface area (TPSA) is 3.24 Å². The van der Waals surface area contributed by atoms with Gasteiger partial charge in [0.15, 0.2) is 0 Å². The Labute approximate surface area is 179 Å². The second kappa shape index (κ2) is 11.9. The molecule has 2 heteroatoms. The predicted molar refractivity (Wildman–Crippen MR) is 133 cm³/mol. The van der Waals surface area contributed by atoms with E-state index in [-0.39, 0.29) is 0 Å². The third kappa shape index (κ3) is 6.26. The maximum Gasteiger partial charge on any atom is -0.00474 e. The number of hydrogen-bond acceptors (Lipinski definition) is 1. The summed E-state index contributed by atoms with van der Waals surface area (Å²) in [6.07, 6.45) is 0. The maximum absolute atomic E-state index is 2.38. The van der Waals surface area contributed by atoms with Crippen molar-refractivity contribution in [3.8, 4) is 0 Å². The van der Waals surface area contributed by atoms with Gasteiger partial charge >= 0.3 is 0 Å². The molecule has 0 saturated carbocycles. The molecule has 3 rings (SSSR count). The van der Waals surface area contributed by atoms with E-state index in [1.165, 1.54) is 52.2 Å². The zero-order valence-corrected chi connectivity index (χ0v) is 19.8. The highest BCUT2D eigenvalue weighted by Gasteiger charge is 2.20. The van der Waals surface area contributed by atoms with Crippen LogP contribution in [0.25, 0.3) is 0 Å². The van der Waals surface area contributed by atoms with Crippen LogP contribution in [-0.4, -0.2) is 24.5 Å². The summed E-state index contributed by atoms with van der Waals surface area (Å²) in [5.74, 6) is 0. The number of nitrogens with zero attached hydrogens (tertiary/aromatic N) is 1. The third-order valence-corrected chi connectivity index (χ3v) is 8.36. The van der Waals surface area contributed by atoms with Crippen LogP contribution in [0.1, 0.15) is 37.5 Å². The molecule has 1 nitrogen and oxygen atoms in total. The normalized spacial score (nSPS) is 10.8. The van der Waals surface area contributed by atoms with Gasteiger partial charge in [-0.1, -0.05) is 93.6 Å². The standard InChI is InChI=1S/C21H21P.C6H15N/c1-16-10-4-7-13-19(16)22(20-14-8-5-11-17(20)2)21-15-9-6-12-18(21)3;1-4-7(5-2)6-3/h4-15H,1-3H3;4-6H2,1-3H3. The zero-order chi connectivity index (χ0) is 21.2. The predicted octanol–water partition coefficient (Wildman–Crippen LogP) is 5.72. The molecule has 0 aliphatic carbocycles. The van der Waals surface area contributed by atoms with Gasteiger partial charge in [-0.05, 0) is 80.9 Å². The lowest BCUT2D eigenvalue weighted by Gasteiger charge is -2.24. The summed E-state index contributed by atoms with van der Waals surface area (Å²) in [6, 6.07) is 26.4. The summed E-state index contributed by atoms with van der Waals surface area (Å²) in [5.41, 5.74) is 4.13. The molecule has 0 N–H and O–H groups in total. The van der Waals surface area contributed by atoms with E-state index in [0.29, 0.717) is 0 Å². The zero-order valence-electron chi connectivity index (χ0n) is 18.9. The van der Waals surface area contributed by atoms with E-state index in [1.54, 1.807) is 0 Å². The fraction of sp³-hybridized carbons (Fsp3) is 0.333. The molecule has 0 radical (unpaired) electrons. The summed E-state index contributed by atoms with van der Waals surface area (Å²) in [7, 11) is -0.508. The van der Waals surface area contributed by atoms with Crippen molar-refractivity contribution in [2.75, 3.05) is 19.6 Å². The van der Waals surface area contributed by atoms with Crippen LogP contribution in [-0.2, 0) is 0 Å². The summed E-state index contributed by atoms with van der Waals surface area (Å²) in [4.78, 5) is 2.38. The van der Waals surface area contributed by atoms with Crippen LogP contribution in [0.3, 0.4) is 0 Å². The smallest absolute Gasteiger partial charge is 0.00474 e. The van der Waals surface area contributed by atoms with Crippen LogP contribution in [0.2, 0.25) is 0 Å². The SMILES string of the molecule is CCN(CC)CC.Cc1ccccc1P(c1ccccc1C)c1ccccc1C. The molecule has 0 unspecified atom stereocenters. The van der Waals surface area contributed by atoms with Crippen molar-refractivity contribution in [2.45, 2.75) is 41.5 Å². The van der Waals surface area contributed by atoms with Crippen molar-refractivity contribution in [3.63, 3.8) is 0 Å². The van der Waals surface area contributed by atoms with Crippen molar-refractivity contribution in [1.29, 1.82) is 0 Å². The molecule has 3 aromatic rings. The van der Waals surface area contributed by atoms with Crippen molar-refractivity contribution < 1.29 is 0 Å². The van der Waals surface area contributed by atoms with E-state index in [0.717, 1.165) is 0 Å². The summed E-state index contributed by atoms with van der Waals surface area (Å²) in [6.45, 7) is 16.8. The molecule has 154 valence electrons. The van der Waals surface area contributed by atoms with Gasteiger partial charge in [0.2, 0.25) is 0 Å². The van der Waals surface area contributed by atoms with Crippen molar-refractivity contribution in [2.24, 2.45) is 0 Å². The van der Waals surface area contributed by atoms with Crippen LogP contribution in [0.4, 0.5) is 0 Å². The van der Waals surface area contributed by atoms with Crippen LogP contribution < -0.4 is 15.9 Å². The molecule has 0 saturated heterocycles. The average molecular weight is 406 g/mol. The molecule has 0 aliphatic heterocycles. The molecular formula is C27H36NP. The van der Waals surface area contributed by atoms with E-state index in [9.17, 15) is 0 Å². The van der Waals surface area contributed by atoms with Gasteiger partial charge < -0.3 is 4.90 Å². The number of aryl methyl sites for hydroxylation is 3. The highest BCUT2D eigenvalue weighted by atomic mass is 31.1. The highest BCUT2D eigenvalue weighted by Crippen LogP contribution is 2.36. The molecule has 0 aromatic heterocycles. The Balaban J connectivity index is 0.000000370. The first-order valence-electron chi connectivity index (χ1n) is 10.7. The minimum atomic E-state index is -0.508. The molecule has 0 spiro atoms. The Hall–Kier alpha value is -1.95. The van der Waals surface area contributed by atoms with Crippen molar-refractivity contribution >= 4 is 23.8 Å². The van der Waals surface area contributed by atoms with Gasteiger partial charge in [0.05, 0.1) is 0 Å². The van der Waals surface area contributed by atoms with Gasteiger partial charge in [-0.15, -0.1) is 0 Å². The number of rotatable bonds is 6. The minimum Gasteiger partial charge on any atom is -0.304 e. The summed E-state index contributed by atoms with van der Waals surface area (Å²) < 4.78 is 0. The van der Waals surface area contributed by atoms with Gasteiger partial charge in [-0.25, -0.2) is 0 Å². The molecule has 0 fully saturated rings. The van der Waals surface area contributed by atoms with E-state index < -0.39 is 7.92 Å². The number of benzene rings is 3. The van der Waals surface area contributed by atoms with E-state index in [4.69, 9.17) is 0 Å². The first-order valence-corrected chi connectivity index (χ1v) is 12.1. The molecule has 0 aliphatic rings. The van der Waals surface area contributed by atoms with Gasteiger partial charge in [0.1, 0.15) is 0 Å². The first kappa shape index (κ1) is 23.3. The maximum atomic E-state index is 2.38. The minimum absolute atomic E-state index is 0.508. The van der Waals surface area contributed by atoms with Crippen LogP contribution in [0.5, 0.6) is 0 Å². The molecule has 3 aromatic carbocycles. The summed E-state index contributed by atoms with van der Waals surface area (Å²) in [5, 5.41) is 4.38. The lowest BCUT2D eigenvalue weighted by atomic mass is 10.2. The Bertz CT molecular complexity index is 769. The van der Waals surface area contributed by atoms with Crippen molar-refractivity contribution in [1.82, 2.24) is 4.90 Å². The molecular weight excluding hydrogens is 369 g/mol. The van der Waals surface area contributed by atoms with Crippen molar-refractivity contribution in [3.05, 3.63) is 89.5 Å². The van der Waals surface area contributed by atoms with Crippen LogP contribution in [0.15, 0.2) is 72.8 Å². The van der Waals surface area contributed by atoms with E-state index in [2.05, 4.69) is 119 Å². The Kier molecular flexibility index (Phi) is 9.58. The molecule has 0 bridgehead atoms. The average Bonchev–Trinajstić information content (AvgIpc) is 2.74. The summed E-state index contributed by atoms with van der Waals surface area (Å²) >= 11 is 0. The van der Waals surface area contributed by atoms with Gasteiger partial charge in [-0.2, -0.15) is 0 Å². The highest BCUT2D eigenvalue weighted by molar-refractivity contribution is 7.80. The van der Waals surface area contributed by atoms with Crippen LogP contribution >= 0.6 is 7.92 Å². The molecule has 0 heterocycles. The van der Waals surface area contributed by atoms with E-state index >= 15 is 0 Å². The van der Waals surface area contributed by atoms with E-state index in [1.807, 2.05) is 0 Å². The largest absolute Gasteiger partial charge is 0.304 e. The lowest BCUT2D eigenvalue weighted by Crippen LogP contribution is -2.25. The quantitative estimate of drug-likeness (QED) is 0.474. The second-order valence-corrected chi connectivity index (χ2v) is 9.43. The Morgan fingerprint density at radius 1 is 0.517 bits per heavy atom. The molecule has 29 heavy (non-hydrogen) atoms. The molecule has 0 atom stereocenters. The lowest BCUT2D eigenvalue weighted by molar-refractivity contribution is 0.321. The number of hydrogen-bond donors (Lipinski definition) is 0. The van der Waals surface area contributed by atoms with Gasteiger partial charge in [0.25, 0.3) is 0 Å². The molecule has 0 amide bonds. The fourth-order valence-electron chi connectivity index (χ4n) is 3.50. The second-order valence-electron chi connectivity index (χ2n) is 7.31. The third-order valence-electron chi connectivity index (χ3n) is 5.41. The van der Waals surface area contributed by atoms with Gasteiger partial charge in [0, 0.05) is 0 Å².